The number of aromatic nitrogens is 2. The third-order valence-electron chi connectivity index (χ3n) is 6.94. The molecule has 194 valence electrons. The highest BCUT2D eigenvalue weighted by Gasteiger charge is 2.54. The van der Waals surface area contributed by atoms with Gasteiger partial charge in [-0.25, -0.2) is 4.98 Å². The molecule has 2 aliphatic heterocycles. The van der Waals surface area contributed by atoms with E-state index >= 15 is 0 Å². The first kappa shape index (κ1) is 24.6. The molecule has 2 fully saturated rings. The van der Waals surface area contributed by atoms with Gasteiger partial charge in [0.25, 0.3) is 11.8 Å². The smallest absolute Gasteiger partial charge is 0.345 e. The third kappa shape index (κ3) is 4.83. The van der Waals surface area contributed by atoms with Gasteiger partial charge >= 0.3 is 6.18 Å². The van der Waals surface area contributed by atoms with Crippen LogP contribution in [0, 0.1) is 0 Å². The van der Waals surface area contributed by atoms with Crippen LogP contribution < -0.4 is 10.2 Å². The van der Waals surface area contributed by atoms with E-state index in [1.165, 1.54) is 4.90 Å². The number of likely N-dealkylation sites (tertiary alicyclic amines) is 1. The van der Waals surface area contributed by atoms with Crippen molar-refractivity contribution < 1.29 is 27.6 Å². The monoisotopic (exact) mass is 514 g/mol. The number of nitrogens with zero attached hydrogens (tertiary/aromatic N) is 5. The fraction of sp³-hybridized carbons (Fsp3) is 0.360. The molecule has 0 radical (unpaired) electrons. The van der Waals surface area contributed by atoms with Gasteiger partial charge < -0.3 is 24.4 Å². The van der Waals surface area contributed by atoms with Gasteiger partial charge in [-0.05, 0) is 37.1 Å². The van der Waals surface area contributed by atoms with E-state index in [4.69, 9.17) is 0 Å². The van der Waals surface area contributed by atoms with Crippen molar-refractivity contribution in [3.8, 4) is 0 Å². The number of piperidine rings is 1. The molecule has 4 heterocycles. The topological polar surface area (TPSA) is 90.3 Å². The Hall–Kier alpha value is -4.09. The molecule has 9 nitrogen and oxygen atoms in total. The molecule has 12 heteroatoms. The Morgan fingerprint density at radius 3 is 2.49 bits per heavy atom. The lowest BCUT2D eigenvalue weighted by molar-refractivity contribution is -0.142. The molecule has 3 amide bonds. The second kappa shape index (κ2) is 9.41. The van der Waals surface area contributed by atoms with Crippen molar-refractivity contribution >= 4 is 28.9 Å². The van der Waals surface area contributed by atoms with Crippen LogP contribution in [0.15, 0.2) is 61.2 Å². The standard InChI is InChI=1S/C25H25F3N6O3/c26-25(27,28)15-30-21(35)14-33-17-34(19-4-2-1-3-5-19)24(23(33)37)8-10-31(11-9-24)22(36)18-6-7-20-12-29-16-32(20)13-18/h1-7,12-13,16H,8-11,14-15,17H2,(H,30,35). The molecule has 0 saturated carbocycles. The Labute approximate surface area is 210 Å². The summed E-state index contributed by atoms with van der Waals surface area (Å²) in [5.41, 5.74) is 1.13. The van der Waals surface area contributed by atoms with E-state index in [-0.39, 0.29) is 18.5 Å². The number of hydrogen-bond acceptors (Lipinski definition) is 5. The number of carbonyl (C=O) groups excluding carboxylic acids is 3. The molecule has 2 aliphatic rings. The maximum absolute atomic E-state index is 13.6. The number of anilines is 1. The van der Waals surface area contributed by atoms with E-state index < -0.39 is 30.7 Å². The van der Waals surface area contributed by atoms with Gasteiger partial charge in [0.15, 0.2) is 0 Å². The first-order valence-electron chi connectivity index (χ1n) is 11.8. The van der Waals surface area contributed by atoms with Crippen molar-refractivity contribution in [3.05, 3.63) is 66.7 Å². The molecule has 1 spiro atoms. The van der Waals surface area contributed by atoms with Crippen LogP contribution in [0.25, 0.3) is 5.52 Å². The molecular formula is C25H25F3N6O3. The number of para-hydroxylation sites is 1. The average molecular weight is 515 g/mol. The fourth-order valence-corrected chi connectivity index (χ4v) is 5.06. The summed E-state index contributed by atoms with van der Waals surface area (Å²) in [6.45, 7) is -1.25. The summed E-state index contributed by atoms with van der Waals surface area (Å²) in [4.78, 5) is 48.0. The molecule has 0 unspecified atom stereocenters. The summed E-state index contributed by atoms with van der Waals surface area (Å²) in [5.74, 6) is -1.37. The normalized spacial score (nSPS) is 17.6. The molecule has 0 bridgehead atoms. The number of halogens is 3. The predicted octanol–water partition coefficient (Wildman–Crippen LogP) is 2.29. The molecule has 0 aliphatic carbocycles. The molecule has 3 aromatic rings. The molecule has 2 saturated heterocycles. The summed E-state index contributed by atoms with van der Waals surface area (Å²) in [5, 5.41) is 1.83. The van der Waals surface area contributed by atoms with E-state index in [0.717, 1.165) is 11.2 Å². The van der Waals surface area contributed by atoms with Crippen LogP contribution in [-0.4, -0.2) is 81.5 Å². The number of fused-ring (bicyclic) bond motifs is 1. The Bertz CT molecular complexity index is 1320. The number of hydrogen-bond donors (Lipinski definition) is 1. The second-order valence-electron chi connectivity index (χ2n) is 9.27. The van der Waals surface area contributed by atoms with Gasteiger partial charge in [0.05, 0.1) is 30.3 Å². The lowest BCUT2D eigenvalue weighted by atomic mass is 9.85. The lowest BCUT2D eigenvalue weighted by Crippen LogP contribution is -2.57. The minimum atomic E-state index is -4.54. The van der Waals surface area contributed by atoms with Gasteiger partial charge in [-0.3, -0.25) is 14.4 Å². The molecular weight excluding hydrogens is 489 g/mol. The van der Waals surface area contributed by atoms with Crippen molar-refractivity contribution in [1.82, 2.24) is 24.5 Å². The van der Waals surface area contributed by atoms with Crippen molar-refractivity contribution in [2.24, 2.45) is 0 Å². The van der Waals surface area contributed by atoms with Gasteiger partial charge in [-0.1, -0.05) is 18.2 Å². The van der Waals surface area contributed by atoms with E-state index in [1.807, 2.05) is 46.6 Å². The summed E-state index contributed by atoms with van der Waals surface area (Å²) in [7, 11) is 0. The number of carbonyl (C=O) groups is 3. The van der Waals surface area contributed by atoms with Crippen LogP contribution in [0.1, 0.15) is 23.2 Å². The zero-order valence-corrected chi connectivity index (χ0v) is 19.8. The van der Waals surface area contributed by atoms with Crippen LogP contribution in [0.4, 0.5) is 18.9 Å². The van der Waals surface area contributed by atoms with Crippen molar-refractivity contribution in [2.75, 3.05) is 37.7 Å². The number of alkyl halides is 3. The maximum Gasteiger partial charge on any atom is 0.405 e. The SMILES string of the molecule is O=C(CN1CN(c2ccccc2)C2(CCN(C(=O)c3ccc4cncn4c3)CC2)C1=O)NCC(F)(F)F. The molecule has 37 heavy (non-hydrogen) atoms. The quantitative estimate of drug-likeness (QED) is 0.565. The van der Waals surface area contributed by atoms with Gasteiger partial charge in [0, 0.05) is 25.0 Å². The Balaban J connectivity index is 1.33. The minimum Gasteiger partial charge on any atom is -0.345 e. The molecule has 0 atom stereocenters. The Morgan fingerprint density at radius 2 is 1.78 bits per heavy atom. The van der Waals surface area contributed by atoms with Crippen LogP contribution in [0.2, 0.25) is 0 Å². The number of pyridine rings is 1. The summed E-state index contributed by atoms with van der Waals surface area (Å²) < 4.78 is 39.3. The molecule has 2 aromatic heterocycles. The van der Waals surface area contributed by atoms with Crippen LogP contribution >= 0.6 is 0 Å². The van der Waals surface area contributed by atoms with E-state index in [0.29, 0.717) is 31.5 Å². The van der Waals surface area contributed by atoms with Crippen molar-refractivity contribution in [1.29, 1.82) is 0 Å². The molecule has 1 aromatic carbocycles. The zero-order chi connectivity index (χ0) is 26.2. The highest BCUT2D eigenvalue weighted by molar-refractivity contribution is 5.97. The second-order valence-corrected chi connectivity index (χ2v) is 9.27. The number of benzene rings is 1. The summed E-state index contributed by atoms with van der Waals surface area (Å²) >= 11 is 0. The van der Waals surface area contributed by atoms with Crippen molar-refractivity contribution in [3.63, 3.8) is 0 Å². The van der Waals surface area contributed by atoms with Crippen LogP contribution in [-0.2, 0) is 9.59 Å². The van der Waals surface area contributed by atoms with E-state index in [2.05, 4.69) is 4.98 Å². The lowest BCUT2D eigenvalue weighted by Gasteiger charge is -2.43. The molecule has 1 N–H and O–H groups in total. The number of amides is 3. The average Bonchev–Trinajstić information content (AvgIpc) is 3.46. The predicted molar refractivity (Wildman–Crippen MR) is 128 cm³/mol. The van der Waals surface area contributed by atoms with E-state index in [9.17, 15) is 27.6 Å². The Morgan fingerprint density at radius 1 is 1.05 bits per heavy atom. The summed E-state index contributed by atoms with van der Waals surface area (Å²) in [6, 6.07) is 12.7. The number of nitrogens with one attached hydrogen (secondary N) is 1. The largest absolute Gasteiger partial charge is 0.405 e. The van der Waals surface area contributed by atoms with Crippen molar-refractivity contribution in [2.45, 2.75) is 24.6 Å². The van der Waals surface area contributed by atoms with Crippen LogP contribution in [0.3, 0.4) is 0 Å². The fourth-order valence-electron chi connectivity index (χ4n) is 5.06. The number of imidazole rings is 1. The summed E-state index contributed by atoms with van der Waals surface area (Å²) in [6.07, 6.45) is 1.13. The number of rotatable bonds is 5. The molecule has 5 rings (SSSR count). The van der Waals surface area contributed by atoms with Gasteiger partial charge in [0.2, 0.25) is 5.91 Å². The first-order chi connectivity index (χ1) is 17.7. The first-order valence-corrected chi connectivity index (χ1v) is 11.8. The maximum atomic E-state index is 13.6. The van der Waals surface area contributed by atoms with E-state index in [1.54, 1.807) is 34.1 Å². The minimum absolute atomic E-state index is 0.0630. The highest BCUT2D eigenvalue weighted by Crippen LogP contribution is 2.39. The van der Waals surface area contributed by atoms with Gasteiger partial charge in [-0.2, -0.15) is 13.2 Å². The Kier molecular flexibility index (Phi) is 6.26. The zero-order valence-electron chi connectivity index (χ0n) is 19.8. The van der Waals surface area contributed by atoms with Gasteiger partial charge in [-0.15, -0.1) is 0 Å². The van der Waals surface area contributed by atoms with Gasteiger partial charge in [0.1, 0.15) is 18.6 Å². The van der Waals surface area contributed by atoms with Crippen LogP contribution in [0.5, 0.6) is 0 Å². The third-order valence-corrected chi connectivity index (χ3v) is 6.94. The highest BCUT2D eigenvalue weighted by atomic mass is 19.4.